The zero-order valence-corrected chi connectivity index (χ0v) is 11.1. The minimum absolute atomic E-state index is 0. The number of benzene rings is 1. The van der Waals surface area contributed by atoms with Crippen LogP contribution in [0.1, 0.15) is 0 Å². The Kier molecular flexibility index (Phi) is 4.92. The third kappa shape index (κ3) is 3.23. The van der Waals surface area contributed by atoms with Gasteiger partial charge in [0, 0.05) is 4.47 Å². The Balaban J connectivity index is 0.00000144. The van der Waals surface area contributed by atoms with Crippen molar-refractivity contribution in [1.29, 1.82) is 0 Å². The average molecular weight is 275 g/mol. The van der Waals surface area contributed by atoms with E-state index in [9.17, 15) is 13.5 Å². The molecule has 0 bridgehead atoms. The summed E-state index contributed by atoms with van der Waals surface area (Å²) in [5.74, 6) is -0.481. The van der Waals surface area contributed by atoms with Crippen molar-refractivity contribution in [3.05, 3.63) is 22.7 Å². The second kappa shape index (κ2) is 4.77. The molecule has 7 heteroatoms. The first kappa shape index (κ1) is 13.4. The van der Waals surface area contributed by atoms with E-state index in [1.165, 1.54) is 12.1 Å². The second-order valence-corrected chi connectivity index (χ2v) is 4.23. The van der Waals surface area contributed by atoms with Crippen molar-refractivity contribution in [2.45, 2.75) is 4.90 Å². The zero-order valence-electron chi connectivity index (χ0n) is 6.69. The Morgan fingerprint density at radius 3 is 2.31 bits per heavy atom. The van der Waals surface area contributed by atoms with Crippen molar-refractivity contribution >= 4 is 26.0 Å². The van der Waals surface area contributed by atoms with Gasteiger partial charge in [-0.3, -0.25) is 4.55 Å². The molecule has 13 heavy (non-hydrogen) atoms. The molecule has 0 unspecified atom stereocenters. The van der Waals surface area contributed by atoms with Gasteiger partial charge in [-0.05, 0) is 22.0 Å². The minimum atomic E-state index is -4.30. The molecule has 1 aromatic carbocycles. The maximum Gasteiger partial charge on any atom is 1.00 e. The fourth-order valence-electron chi connectivity index (χ4n) is 0.690. The van der Waals surface area contributed by atoms with Crippen molar-refractivity contribution < 1.29 is 47.6 Å². The Hall–Kier alpha value is 0.410. The molecule has 1 aromatic rings. The SMILES string of the molecule is O=S(=O)(O)c1cccc([O-])c1Br.[Na+]. The van der Waals surface area contributed by atoms with Crippen molar-refractivity contribution in [2.24, 2.45) is 0 Å². The van der Waals surface area contributed by atoms with Gasteiger partial charge in [0.15, 0.2) is 0 Å². The fraction of sp³-hybridized carbons (Fsp3) is 0. The first-order chi connectivity index (χ1) is 5.43. The molecule has 0 heterocycles. The molecule has 0 aliphatic heterocycles. The Morgan fingerprint density at radius 1 is 1.38 bits per heavy atom. The fourth-order valence-corrected chi connectivity index (χ4v) is 2.15. The molecule has 0 atom stereocenters. The van der Waals surface area contributed by atoms with E-state index < -0.39 is 20.8 Å². The summed E-state index contributed by atoms with van der Waals surface area (Å²) in [5.41, 5.74) is 0. The van der Waals surface area contributed by atoms with Gasteiger partial charge in [0.25, 0.3) is 10.1 Å². The summed E-state index contributed by atoms with van der Waals surface area (Å²) in [6, 6.07) is 3.59. The van der Waals surface area contributed by atoms with Gasteiger partial charge >= 0.3 is 29.6 Å². The van der Waals surface area contributed by atoms with Crippen molar-refractivity contribution in [1.82, 2.24) is 0 Å². The molecule has 1 N–H and O–H groups in total. The Bertz CT molecular complexity index is 403. The van der Waals surface area contributed by atoms with Gasteiger partial charge in [0.05, 0.1) is 0 Å². The van der Waals surface area contributed by atoms with Crippen LogP contribution in [0.4, 0.5) is 0 Å². The smallest absolute Gasteiger partial charge is 0.872 e. The van der Waals surface area contributed by atoms with Gasteiger partial charge in [-0.2, -0.15) is 8.42 Å². The number of rotatable bonds is 1. The Labute approximate surface area is 106 Å². The third-order valence-corrected chi connectivity index (χ3v) is 3.18. The standard InChI is InChI=1S/C6H5BrO4S.Na/c7-6-4(8)2-1-3-5(6)12(9,10)11;/h1-3,8H,(H,9,10,11);/q;+1/p-1. The monoisotopic (exact) mass is 274 g/mol. The van der Waals surface area contributed by atoms with Crippen LogP contribution in [0.5, 0.6) is 5.75 Å². The van der Waals surface area contributed by atoms with E-state index in [0.29, 0.717) is 0 Å². The molecule has 0 aromatic heterocycles. The predicted octanol–water partition coefficient (Wildman–Crippen LogP) is -2.23. The predicted molar refractivity (Wildman–Crippen MR) is 43.4 cm³/mol. The third-order valence-electron chi connectivity index (χ3n) is 1.21. The number of halogens is 1. The number of hydrogen-bond acceptors (Lipinski definition) is 3. The van der Waals surface area contributed by atoms with E-state index in [4.69, 9.17) is 4.55 Å². The van der Waals surface area contributed by atoms with E-state index in [1.807, 2.05) is 0 Å². The molecule has 0 radical (unpaired) electrons. The van der Waals surface area contributed by atoms with Crippen LogP contribution in [0.15, 0.2) is 27.6 Å². The van der Waals surface area contributed by atoms with Crippen molar-refractivity contribution in [3.63, 3.8) is 0 Å². The molecule has 0 aliphatic carbocycles. The molecule has 0 spiro atoms. The molecule has 4 nitrogen and oxygen atoms in total. The van der Waals surface area contributed by atoms with E-state index in [0.717, 1.165) is 6.07 Å². The van der Waals surface area contributed by atoms with Crippen LogP contribution in [0.2, 0.25) is 0 Å². The molecular weight excluding hydrogens is 271 g/mol. The molecule has 0 saturated carbocycles. The largest absolute Gasteiger partial charge is 1.00 e. The summed E-state index contributed by atoms with van der Waals surface area (Å²) in [7, 11) is -4.30. The van der Waals surface area contributed by atoms with Crippen LogP contribution in [0.25, 0.3) is 0 Å². The van der Waals surface area contributed by atoms with Crippen molar-refractivity contribution in [3.8, 4) is 5.75 Å². The molecule has 0 fully saturated rings. The van der Waals surface area contributed by atoms with Crippen molar-refractivity contribution in [2.75, 3.05) is 0 Å². The summed E-state index contributed by atoms with van der Waals surface area (Å²) in [4.78, 5) is -0.407. The minimum Gasteiger partial charge on any atom is -0.872 e. The second-order valence-electron chi connectivity index (χ2n) is 2.04. The summed E-state index contributed by atoms with van der Waals surface area (Å²) < 4.78 is 29.6. The van der Waals surface area contributed by atoms with Gasteiger partial charge < -0.3 is 5.11 Å². The summed E-state index contributed by atoms with van der Waals surface area (Å²) >= 11 is 2.76. The first-order valence-electron chi connectivity index (χ1n) is 2.86. The van der Waals surface area contributed by atoms with Crippen LogP contribution in [0.3, 0.4) is 0 Å². The Morgan fingerprint density at radius 2 is 1.92 bits per heavy atom. The number of hydrogen-bond donors (Lipinski definition) is 1. The van der Waals surface area contributed by atoms with Crippen LogP contribution < -0.4 is 34.7 Å². The molecule has 0 aliphatic rings. The summed E-state index contributed by atoms with van der Waals surface area (Å²) in [6.45, 7) is 0. The van der Waals surface area contributed by atoms with E-state index in [2.05, 4.69) is 15.9 Å². The van der Waals surface area contributed by atoms with Gasteiger partial charge in [-0.1, -0.05) is 17.9 Å². The maximum atomic E-state index is 10.9. The molecule has 66 valence electrons. The average Bonchev–Trinajstić information content (AvgIpc) is 1.92. The first-order valence-corrected chi connectivity index (χ1v) is 5.09. The quantitative estimate of drug-likeness (QED) is 0.465. The van der Waals surface area contributed by atoms with E-state index >= 15 is 0 Å². The van der Waals surface area contributed by atoms with Gasteiger partial charge in [0.2, 0.25) is 0 Å². The van der Waals surface area contributed by atoms with Crippen LogP contribution in [0, 0.1) is 0 Å². The molecule has 1 rings (SSSR count). The zero-order chi connectivity index (χ0) is 9.35. The van der Waals surface area contributed by atoms with Crippen LogP contribution in [-0.4, -0.2) is 13.0 Å². The summed E-state index contributed by atoms with van der Waals surface area (Å²) in [6.07, 6.45) is 0. The van der Waals surface area contributed by atoms with Gasteiger partial charge in [0.1, 0.15) is 4.90 Å². The van der Waals surface area contributed by atoms with Gasteiger partial charge in [-0.25, -0.2) is 0 Å². The van der Waals surface area contributed by atoms with E-state index in [1.54, 1.807) is 0 Å². The topological polar surface area (TPSA) is 77.4 Å². The maximum absolute atomic E-state index is 10.9. The molecular formula is C6H4BrNaO4S. The molecule has 0 amide bonds. The molecule has 0 saturated heterocycles. The van der Waals surface area contributed by atoms with E-state index in [-0.39, 0.29) is 34.0 Å². The normalized spacial score (nSPS) is 10.6. The van der Waals surface area contributed by atoms with Crippen LogP contribution in [-0.2, 0) is 10.1 Å². The summed E-state index contributed by atoms with van der Waals surface area (Å²) in [5, 5.41) is 10.9. The van der Waals surface area contributed by atoms with Gasteiger partial charge in [-0.15, -0.1) is 0 Å². The van der Waals surface area contributed by atoms with Crippen LogP contribution >= 0.6 is 15.9 Å².